The van der Waals surface area contributed by atoms with Crippen molar-refractivity contribution in [2.75, 3.05) is 0 Å². The Morgan fingerprint density at radius 3 is 2.67 bits per heavy atom. The maximum atomic E-state index is 5.34. The summed E-state index contributed by atoms with van der Waals surface area (Å²) in [6.07, 6.45) is 1.53. The average molecular weight is 142 g/mol. The second-order valence-electron chi connectivity index (χ2n) is 1.67. The molecule has 0 aromatic heterocycles. The predicted molar refractivity (Wildman–Crippen MR) is 40.4 cm³/mol. The van der Waals surface area contributed by atoms with Crippen LogP contribution in [0.25, 0.3) is 0 Å². The Morgan fingerprint density at radius 2 is 2.44 bits per heavy atom. The van der Waals surface area contributed by atoms with E-state index in [1.165, 1.54) is 6.21 Å². The van der Waals surface area contributed by atoms with Gasteiger partial charge in [0.15, 0.2) is 0 Å². The first-order valence-electron chi connectivity index (χ1n) is 2.37. The number of hydrogen-bond donors (Lipinski definition) is 2. The molecule has 0 bridgehead atoms. The first kappa shape index (κ1) is 6.15. The topological polar surface area (TPSA) is 76.8 Å². The monoisotopic (exact) mass is 142 g/mol. The zero-order chi connectivity index (χ0) is 6.85. The summed E-state index contributed by atoms with van der Waals surface area (Å²) in [4.78, 5) is 0.317. The van der Waals surface area contributed by atoms with Crippen molar-refractivity contribution in [1.29, 1.82) is 0 Å². The van der Waals surface area contributed by atoms with E-state index in [0.29, 0.717) is 10.8 Å². The highest BCUT2D eigenvalue weighted by Gasteiger charge is 2.17. The summed E-state index contributed by atoms with van der Waals surface area (Å²) in [5.41, 5.74) is 10.6. The van der Waals surface area contributed by atoms with Crippen LogP contribution in [0.4, 0.5) is 0 Å². The molecule has 4 nitrogen and oxygen atoms in total. The molecule has 0 aliphatic carbocycles. The van der Waals surface area contributed by atoms with Crippen LogP contribution in [-0.2, 0) is 0 Å². The van der Waals surface area contributed by atoms with Gasteiger partial charge in [0, 0.05) is 6.21 Å². The Bertz CT molecular complexity index is 195. The molecule has 0 radical (unpaired) electrons. The maximum Gasteiger partial charge on any atom is 0.137 e. The molecule has 0 saturated heterocycles. The van der Waals surface area contributed by atoms with Crippen LogP contribution in [0.5, 0.6) is 0 Å². The SMILES string of the molecule is NC(=S)[C@@H]1C=NN=C1N. The number of amidine groups is 1. The van der Waals surface area contributed by atoms with Gasteiger partial charge in [-0.15, -0.1) is 5.10 Å². The fraction of sp³-hybridized carbons (Fsp3) is 0.250. The molecule has 4 N–H and O–H groups in total. The van der Waals surface area contributed by atoms with Crippen molar-refractivity contribution in [3.05, 3.63) is 0 Å². The van der Waals surface area contributed by atoms with E-state index in [4.69, 9.17) is 11.5 Å². The highest BCUT2D eigenvalue weighted by molar-refractivity contribution is 7.80. The van der Waals surface area contributed by atoms with E-state index < -0.39 is 0 Å². The summed E-state index contributed by atoms with van der Waals surface area (Å²) in [6.45, 7) is 0. The smallest absolute Gasteiger partial charge is 0.137 e. The van der Waals surface area contributed by atoms with Crippen LogP contribution in [0.15, 0.2) is 10.2 Å². The number of hydrogen-bond acceptors (Lipinski definition) is 4. The van der Waals surface area contributed by atoms with Crippen LogP contribution < -0.4 is 11.5 Å². The van der Waals surface area contributed by atoms with Gasteiger partial charge >= 0.3 is 0 Å². The molecule has 0 saturated carbocycles. The van der Waals surface area contributed by atoms with E-state index in [1.54, 1.807) is 0 Å². The number of nitrogens with two attached hydrogens (primary N) is 2. The van der Waals surface area contributed by atoms with Crippen LogP contribution in [0.1, 0.15) is 0 Å². The molecule has 0 unspecified atom stereocenters. The van der Waals surface area contributed by atoms with Gasteiger partial charge in [-0.1, -0.05) is 12.2 Å². The highest BCUT2D eigenvalue weighted by Crippen LogP contribution is 2.00. The van der Waals surface area contributed by atoms with Gasteiger partial charge in [-0.25, -0.2) is 0 Å². The van der Waals surface area contributed by atoms with Crippen LogP contribution in [0, 0.1) is 5.92 Å². The maximum absolute atomic E-state index is 5.34. The zero-order valence-corrected chi connectivity index (χ0v) is 5.43. The third-order valence-corrected chi connectivity index (χ3v) is 1.27. The molecule has 1 aliphatic heterocycles. The van der Waals surface area contributed by atoms with Crippen LogP contribution >= 0.6 is 12.2 Å². The molecule has 1 rings (SSSR count). The Kier molecular flexibility index (Phi) is 1.44. The van der Waals surface area contributed by atoms with Crippen LogP contribution in [0.3, 0.4) is 0 Å². The molecule has 0 fully saturated rings. The molecular formula is C4H6N4S. The van der Waals surface area contributed by atoms with Gasteiger partial charge in [0.25, 0.3) is 0 Å². The summed E-state index contributed by atoms with van der Waals surface area (Å²) >= 11 is 4.66. The van der Waals surface area contributed by atoms with Gasteiger partial charge in [0.05, 0.1) is 4.99 Å². The molecule has 5 heteroatoms. The van der Waals surface area contributed by atoms with Crippen molar-refractivity contribution >= 4 is 29.3 Å². The van der Waals surface area contributed by atoms with Gasteiger partial charge in [0.2, 0.25) is 0 Å². The fourth-order valence-electron chi connectivity index (χ4n) is 0.524. The summed E-state index contributed by atoms with van der Waals surface area (Å²) in [6, 6.07) is 0. The van der Waals surface area contributed by atoms with Crippen molar-refractivity contribution in [3.8, 4) is 0 Å². The summed E-state index contributed by atoms with van der Waals surface area (Å²) < 4.78 is 0. The van der Waals surface area contributed by atoms with E-state index in [-0.39, 0.29) is 5.92 Å². The third-order valence-electron chi connectivity index (χ3n) is 1.01. The Labute approximate surface area is 57.6 Å². The minimum atomic E-state index is -0.222. The van der Waals surface area contributed by atoms with Crippen molar-refractivity contribution < 1.29 is 0 Å². The van der Waals surface area contributed by atoms with E-state index in [0.717, 1.165) is 0 Å². The van der Waals surface area contributed by atoms with E-state index in [1.807, 2.05) is 0 Å². The van der Waals surface area contributed by atoms with Gasteiger partial charge < -0.3 is 11.5 Å². The lowest BCUT2D eigenvalue weighted by Crippen LogP contribution is -2.32. The normalized spacial score (nSPS) is 24.0. The lowest BCUT2D eigenvalue weighted by Gasteiger charge is -2.00. The Morgan fingerprint density at radius 1 is 1.78 bits per heavy atom. The third kappa shape index (κ3) is 1.05. The Balaban J connectivity index is 2.74. The Hall–Kier alpha value is -0.970. The van der Waals surface area contributed by atoms with Crippen molar-refractivity contribution in [2.45, 2.75) is 0 Å². The second-order valence-corrected chi connectivity index (χ2v) is 2.14. The number of thiocarbonyl (C=S) groups is 1. The predicted octanol–water partition coefficient (Wildman–Crippen LogP) is -0.755. The van der Waals surface area contributed by atoms with E-state index in [9.17, 15) is 0 Å². The second kappa shape index (κ2) is 2.10. The number of nitrogens with zero attached hydrogens (tertiary/aromatic N) is 2. The summed E-state index contributed by atoms with van der Waals surface area (Å²) in [5, 5.41) is 7.07. The van der Waals surface area contributed by atoms with Gasteiger partial charge in [-0.2, -0.15) is 5.10 Å². The minimum absolute atomic E-state index is 0.222. The summed E-state index contributed by atoms with van der Waals surface area (Å²) in [7, 11) is 0. The minimum Gasteiger partial charge on any atom is -0.392 e. The van der Waals surface area contributed by atoms with Crippen molar-refractivity contribution in [3.63, 3.8) is 0 Å². The standard InChI is InChI=1S/C4H6N4S/c5-3-2(4(6)9)1-7-8-3/h1-2H,(H2,5,8)(H2,6,9)/t2-/m1/s1. The largest absolute Gasteiger partial charge is 0.392 e. The molecule has 1 aliphatic rings. The van der Waals surface area contributed by atoms with Gasteiger partial charge in [-0.05, 0) is 0 Å². The van der Waals surface area contributed by atoms with Crippen molar-refractivity contribution in [1.82, 2.24) is 0 Å². The summed E-state index contributed by atoms with van der Waals surface area (Å²) in [5.74, 6) is 0.155. The highest BCUT2D eigenvalue weighted by atomic mass is 32.1. The molecule has 48 valence electrons. The quantitative estimate of drug-likeness (QED) is 0.473. The van der Waals surface area contributed by atoms with Gasteiger partial charge in [-0.3, -0.25) is 0 Å². The van der Waals surface area contributed by atoms with Crippen LogP contribution in [0.2, 0.25) is 0 Å². The number of rotatable bonds is 1. The first-order valence-corrected chi connectivity index (χ1v) is 2.78. The lowest BCUT2D eigenvalue weighted by atomic mass is 10.1. The molecule has 0 amide bonds. The molecule has 9 heavy (non-hydrogen) atoms. The van der Waals surface area contributed by atoms with Gasteiger partial charge in [0.1, 0.15) is 11.8 Å². The zero-order valence-electron chi connectivity index (χ0n) is 4.61. The van der Waals surface area contributed by atoms with Crippen molar-refractivity contribution in [2.24, 2.45) is 27.6 Å². The molecule has 0 aromatic carbocycles. The fourth-order valence-corrected chi connectivity index (χ4v) is 0.706. The lowest BCUT2D eigenvalue weighted by molar-refractivity contribution is 1.25. The first-order chi connectivity index (χ1) is 4.22. The van der Waals surface area contributed by atoms with E-state index >= 15 is 0 Å². The molecule has 1 atom stereocenters. The van der Waals surface area contributed by atoms with E-state index in [2.05, 4.69) is 22.4 Å². The van der Waals surface area contributed by atoms with Crippen LogP contribution in [-0.4, -0.2) is 17.0 Å². The molecule has 0 spiro atoms. The molecular weight excluding hydrogens is 136 g/mol. The molecule has 0 aromatic rings. The average Bonchev–Trinajstić information content (AvgIpc) is 2.13. The molecule has 1 heterocycles.